The third kappa shape index (κ3) is 6.83. The van der Waals surface area contributed by atoms with Gasteiger partial charge in [0.15, 0.2) is 0 Å². The number of aromatic nitrogens is 5. The summed E-state index contributed by atoms with van der Waals surface area (Å²) in [5.41, 5.74) is 8.93. The van der Waals surface area contributed by atoms with Gasteiger partial charge in [0.2, 0.25) is 11.8 Å². The lowest BCUT2D eigenvalue weighted by molar-refractivity contribution is -0.136. The van der Waals surface area contributed by atoms with E-state index in [-0.39, 0.29) is 60.6 Å². The molecule has 3 aromatic heterocycles. The Morgan fingerprint density at radius 3 is 2.44 bits per heavy atom. The molecule has 3 aliphatic rings. The highest BCUT2D eigenvalue weighted by molar-refractivity contribution is 6.06. The summed E-state index contributed by atoms with van der Waals surface area (Å²) in [4.78, 5) is 71.9. The molecule has 3 aliphatic heterocycles. The van der Waals surface area contributed by atoms with Gasteiger partial charge in [-0.25, -0.2) is 13.6 Å². The Hall–Kier alpha value is -6.97. The van der Waals surface area contributed by atoms with Gasteiger partial charge in [-0.2, -0.15) is 5.10 Å². The number of pyridine rings is 1. The number of amides is 4. The van der Waals surface area contributed by atoms with Crippen molar-refractivity contribution >= 4 is 46.0 Å². The first-order valence-corrected chi connectivity index (χ1v) is 20.7. The van der Waals surface area contributed by atoms with Gasteiger partial charge < -0.3 is 15.1 Å². The molecular formula is C46H45F2N9O5. The summed E-state index contributed by atoms with van der Waals surface area (Å²) >= 11 is 0. The van der Waals surface area contributed by atoms with E-state index in [0.29, 0.717) is 46.7 Å². The van der Waals surface area contributed by atoms with Crippen LogP contribution in [0.15, 0.2) is 71.7 Å². The Balaban J connectivity index is 0.926. The molecule has 6 aromatic rings. The monoisotopic (exact) mass is 841 g/mol. The fourth-order valence-corrected chi connectivity index (χ4v) is 9.19. The lowest BCUT2D eigenvalue weighted by atomic mass is 9.91. The topological polar surface area (TPSA) is 156 Å². The van der Waals surface area contributed by atoms with Gasteiger partial charge in [0.05, 0.1) is 29.0 Å². The molecule has 0 spiro atoms. The van der Waals surface area contributed by atoms with Gasteiger partial charge in [0.25, 0.3) is 18.2 Å². The number of rotatable bonds is 9. The number of halogens is 2. The number of alkyl halides is 2. The molecule has 1 atom stereocenters. The minimum absolute atomic E-state index is 0.102. The van der Waals surface area contributed by atoms with Crippen molar-refractivity contribution in [3.8, 4) is 22.4 Å². The average molecular weight is 842 g/mol. The van der Waals surface area contributed by atoms with Crippen LogP contribution in [0.25, 0.3) is 33.4 Å². The summed E-state index contributed by atoms with van der Waals surface area (Å²) in [6.07, 6.45) is 0.574. The van der Waals surface area contributed by atoms with E-state index in [0.717, 1.165) is 45.4 Å². The number of hydrogen-bond donors (Lipinski definition) is 2. The number of piperidine rings is 1. The largest absolute Gasteiger partial charge is 0.345 e. The second-order valence-corrected chi connectivity index (χ2v) is 16.6. The number of nitrogens with one attached hydrogen (secondary N) is 2. The van der Waals surface area contributed by atoms with Crippen LogP contribution in [0, 0.1) is 0 Å². The molecule has 9 rings (SSSR count). The molecule has 1 saturated heterocycles. The second-order valence-electron chi connectivity index (χ2n) is 16.6. The smallest absolute Gasteiger partial charge is 0.328 e. The maximum Gasteiger partial charge on any atom is 0.328 e. The molecule has 0 bridgehead atoms. The fourth-order valence-electron chi connectivity index (χ4n) is 9.19. The summed E-state index contributed by atoms with van der Waals surface area (Å²) in [6.45, 7) is 5.07. The van der Waals surface area contributed by atoms with E-state index in [1.807, 2.05) is 24.3 Å². The van der Waals surface area contributed by atoms with Crippen LogP contribution in [0.1, 0.15) is 94.2 Å². The minimum Gasteiger partial charge on any atom is -0.345 e. The molecule has 0 aliphatic carbocycles. The highest BCUT2D eigenvalue weighted by atomic mass is 19.3. The Kier molecular flexibility index (Phi) is 10.1. The van der Waals surface area contributed by atoms with Gasteiger partial charge in [0, 0.05) is 80.5 Å². The molecular weight excluding hydrogens is 797 g/mol. The van der Waals surface area contributed by atoms with Gasteiger partial charge in [-0.3, -0.25) is 43.3 Å². The molecule has 16 heteroatoms. The first-order chi connectivity index (χ1) is 29.7. The predicted octanol–water partition coefficient (Wildman–Crippen LogP) is 6.18. The molecule has 0 saturated carbocycles. The molecule has 0 radical (unpaired) electrons. The zero-order valence-electron chi connectivity index (χ0n) is 35.0. The summed E-state index contributed by atoms with van der Waals surface area (Å²) < 4.78 is 34.7. The molecule has 1 unspecified atom stereocenters. The van der Waals surface area contributed by atoms with Crippen molar-refractivity contribution in [1.29, 1.82) is 0 Å². The van der Waals surface area contributed by atoms with Crippen molar-refractivity contribution in [2.45, 2.75) is 71.0 Å². The number of carbonyl (C=O) groups excluding carboxylic acids is 4. The maximum absolute atomic E-state index is 14.9. The molecule has 62 heavy (non-hydrogen) atoms. The number of carbonyl (C=O) groups is 4. The molecule has 318 valence electrons. The van der Waals surface area contributed by atoms with Crippen LogP contribution in [-0.4, -0.2) is 65.0 Å². The molecule has 6 heterocycles. The van der Waals surface area contributed by atoms with Crippen LogP contribution in [0.3, 0.4) is 0 Å². The van der Waals surface area contributed by atoms with Gasteiger partial charge in [-0.15, -0.1) is 0 Å². The number of benzene rings is 3. The highest BCUT2D eigenvalue weighted by Crippen LogP contribution is 2.43. The van der Waals surface area contributed by atoms with Gasteiger partial charge >= 0.3 is 5.69 Å². The van der Waals surface area contributed by atoms with E-state index in [2.05, 4.69) is 45.5 Å². The maximum atomic E-state index is 14.9. The lowest BCUT2D eigenvalue weighted by Gasteiger charge is -2.33. The van der Waals surface area contributed by atoms with Crippen molar-refractivity contribution in [3.63, 3.8) is 0 Å². The number of hydrogen-bond acceptors (Lipinski definition) is 8. The fraction of sp³-hybridized carbons (Fsp3) is 0.326. The molecule has 2 N–H and O–H groups in total. The third-order valence-electron chi connectivity index (χ3n) is 12.5. The highest BCUT2D eigenvalue weighted by Gasteiger charge is 2.40. The molecule has 4 amide bonds. The number of nitrogens with zero attached hydrogens (tertiary/aromatic N) is 7. The van der Waals surface area contributed by atoms with Gasteiger partial charge in [-0.1, -0.05) is 32.0 Å². The van der Waals surface area contributed by atoms with E-state index in [4.69, 9.17) is 0 Å². The predicted molar refractivity (Wildman–Crippen MR) is 228 cm³/mol. The summed E-state index contributed by atoms with van der Waals surface area (Å²) in [7, 11) is 5.25. The zero-order valence-corrected chi connectivity index (χ0v) is 35.0. The van der Waals surface area contributed by atoms with E-state index in [1.54, 1.807) is 59.2 Å². The Morgan fingerprint density at radius 1 is 0.919 bits per heavy atom. The van der Waals surface area contributed by atoms with Crippen LogP contribution in [0.4, 0.5) is 20.2 Å². The number of imidazole rings is 1. The van der Waals surface area contributed by atoms with Crippen LogP contribution in [0.2, 0.25) is 0 Å². The van der Waals surface area contributed by atoms with Crippen molar-refractivity contribution in [1.82, 2.24) is 39.4 Å². The normalized spacial score (nSPS) is 16.4. The summed E-state index contributed by atoms with van der Waals surface area (Å²) in [6, 6.07) is 17.0. The first-order valence-electron chi connectivity index (χ1n) is 20.7. The Bertz CT molecular complexity index is 2910. The Morgan fingerprint density at radius 2 is 1.71 bits per heavy atom. The zero-order chi connectivity index (χ0) is 43.7. The van der Waals surface area contributed by atoms with Crippen LogP contribution in [0.5, 0.6) is 0 Å². The van der Waals surface area contributed by atoms with E-state index < -0.39 is 24.3 Å². The average Bonchev–Trinajstić information content (AvgIpc) is 3.88. The van der Waals surface area contributed by atoms with E-state index in [9.17, 15) is 32.8 Å². The first kappa shape index (κ1) is 40.4. The second kappa shape index (κ2) is 15.5. The van der Waals surface area contributed by atoms with Crippen molar-refractivity contribution < 1.29 is 28.0 Å². The minimum atomic E-state index is -2.78. The summed E-state index contributed by atoms with van der Waals surface area (Å²) in [5.74, 6) is -1.46. The SMILES string of the molecule is CC(C)c1cc(N2CCCc3cc(-c4ccc(C(=O)NCc5cc(-c6cccc7c6CN(C6CCC(=O)NC6=O)C7=O)nn5C)nc4)c(C(F)F)cc32)cc2c1n(C)c(=O)n2C. The van der Waals surface area contributed by atoms with Crippen LogP contribution in [-0.2, 0) is 50.2 Å². The number of aryl methyl sites for hydroxylation is 4. The van der Waals surface area contributed by atoms with Crippen LogP contribution >= 0.6 is 0 Å². The lowest BCUT2D eigenvalue weighted by Crippen LogP contribution is -2.52. The standard InChI is InChI=1S/C46H45F2N9O5/c1-24(2)31-17-27(19-39-41(31)54(4)46(62)53(39)3)56-15-7-8-25-16-32(33(42(47)48)20-38(25)56)26-11-12-35(49-21-26)43(59)50-22-28-18-36(52-55(28)5)29-9-6-10-30-34(29)23-57(45(30)61)37-13-14-40(58)51-44(37)60/h6,9-12,16-21,24,37,42H,7-8,13-15,22-23H2,1-5H3,(H,50,59)(H,51,58,60). The van der Waals surface area contributed by atoms with E-state index in [1.165, 1.54) is 17.2 Å². The van der Waals surface area contributed by atoms with Crippen molar-refractivity contribution in [2.75, 3.05) is 11.4 Å². The molecule has 1 fully saturated rings. The third-order valence-corrected chi connectivity index (χ3v) is 12.5. The number of fused-ring (bicyclic) bond motifs is 3. The van der Waals surface area contributed by atoms with Crippen molar-refractivity contribution in [3.05, 3.63) is 117 Å². The molecule has 14 nitrogen and oxygen atoms in total. The molecule has 3 aromatic carbocycles. The number of anilines is 2. The number of imide groups is 1. The summed E-state index contributed by atoms with van der Waals surface area (Å²) in [5, 5.41) is 9.87. The van der Waals surface area contributed by atoms with Gasteiger partial charge in [-0.05, 0) is 89.9 Å². The van der Waals surface area contributed by atoms with Gasteiger partial charge in [0.1, 0.15) is 11.7 Å². The quantitative estimate of drug-likeness (QED) is 0.164. The van der Waals surface area contributed by atoms with Crippen molar-refractivity contribution in [2.24, 2.45) is 21.1 Å². The van der Waals surface area contributed by atoms with Crippen LogP contribution < -0.4 is 21.2 Å². The van der Waals surface area contributed by atoms with E-state index >= 15 is 0 Å². The Labute approximate surface area is 355 Å².